The van der Waals surface area contributed by atoms with Crippen molar-refractivity contribution in [1.29, 1.82) is 0 Å². The molecule has 0 bridgehead atoms. The molecule has 1 spiro atoms. The molecule has 0 radical (unpaired) electrons. The molecule has 0 amide bonds. The summed E-state index contributed by atoms with van der Waals surface area (Å²) in [6.45, 7) is 8.85. The monoisotopic (exact) mass is 751 g/mol. The molecule has 0 saturated carbocycles. The summed E-state index contributed by atoms with van der Waals surface area (Å²) in [6, 6.07) is 56.5. The Morgan fingerprint density at radius 2 is 1.12 bits per heavy atom. The van der Waals surface area contributed by atoms with Gasteiger partial charge in [-0.3, -0.25) is 4.98 Å². The number of nitrogens with zero attached hydrogens (tertiary/aromatic N) is 3. The number of ether oxygens (including phenoxy) is 1. The Labute approximate surface area is 341 Å². The molecule has 0 atom stereocenters. The summed E-state index contributed by atoms with van der Waals surface area (Å²) in [6.07, 6.45) is 3.92. The van der Waals surface area contributed by atoms with Gasteiger partial charge in [-0.1, -0.05) is 167 Å². The number of amidine groups is 1. The highest BCUT2D eigenvalue weighted by atomic mass is 16.5. The van der Waals surface area contributed by atoms with Gasteiger partial charge in [-0.25, -0.2) is 9.98 Å². The number of allylic oxidation sites excluding steroid dienone is 1. The van der Waals surface area contributed by atoms with Crippen molar-refractivity contribution in [2.45, 2.75) is 57.8 Å². The van der Waals surface area contributed by atoms with E-state index in [4.69, 9.17) is 19.7 Å². The Balaban J connectivity index is 1.12. The van der Waals surface area contributed by atoms with Crippen LogP contribution in [0.3, 0.4) is 0 Å². The first kappa shape index (κ1) is 35.7. The molecule has 4 heteroatoms. The van der Waals surface area contributed by atoms with Gasteiger partial charge in [0.2, 0.25) is 0 Å². The largest absolute Gasteiger partial charge is 0.457 e. The van der Waals surface area contributed by atoms with Crippen LogP contribution in [0.1, 0.15) is 103 Å². The van der Waals surface area contributed by atoms with E-state index in [-0.39, 0.29) is 0 Å². The second kappa shape index (κ2) is 14.4. The van der Waals surface area contributed by atoms with Gasteiger partial charge in [0.1, 0.15) is 11.5 Å². The lowest BCUT2D eigenvalue weighted by atomic mass is 9.66. The maximum absolute atomic E-state index is 6.56. The Morgan fingerprint density at radius 3 is 1.83 bits per heavy atom. The molecule has 7 aromatic rings. The number of hydrogen-bond donors (Lipinski definition) is 0. The zero-order chi connectivity index (χ0) is 39.4. The molecule has 282 valence electrons. The fraction of sp³-hybridized carbons (Fsp3) is 0.167. The topological polar surface area (TPSA) is 46.8 Å². The second-order valence-corrected chi connectivity index (χ2v) is 16.2. The van der Waals surface area contributed by atoms with E-state index in [0.717, 1.165) is 80.5 Å². The summed E-state index contributed by atoms with van der Waals surface area (Å²) in [5.74, 6) is 3.18. The van der Waals surface area contributed by atoms with Crippen molar-refractivity contribution < 1.29 is 4.74 Å². The van der Waals surface area contributed by atoms with Gasteiger partial charge in [0, 0.05) is 27.9 Å². The molecule has 0 saturated heterocycles. The number of hydrogen-bond acceptors (Lipinski definition) is 4. The first-order valence-electron chi connectivity index (χ1n) is 20.5. The smallest absolute Gasteiger partial charge is 0.160 e. The van der Waals surface area contributed by atoms with Crippen molar-refractivity contribution in [1.82, 2.24) is 4.98 Å². The van der Waals surface area contributed by atoms with Gasteiger partial charge >= 0.3 is 0 Å². The predicted octanol–water partition coefficient (Wildman–Crippen LogP) is 13.5. The van der Waals surface area contributed by atoms with E-state index in [1.807, 2.05) is 0 Å². The number of fused-ring (bicyclic) bond motifs is 9. The van der Waals surface area contributed by atoms with E-state index >= 15 is 0 Å². The van der Waals surface area contributed by atoms with Crippen molar-refractivity contribution in [2.75, 3.05) is 0 Å². The number of aromatic nitrogens is 1. The van der Waals surface area contributed by atoms with Gasteiger partial charge in [0.25, 0.3) is 0 Å². The van der Waals surface area contributed by atoms with E-state index in [0.29, 0.717) is 17.7 Å². The molecule has 2 aliphatic heterocycles. The summed E-state index contributed by atoms with van der Waals surface area (Å²) in [4.78, 5) is 16.0. The first-order chi connectivity index (χ1) is 28.4. The summed E-state index contributed by atoms with van der Waals surface area (Å²) in [5, 5.41) is 0. The van der Waals surface area contributed by atoms with E-state index in [1.54, 1.807) is 0 Å². The average molecular weight is 752 g/mol. The fourth-order valence-electron chi connectivity index (χ4n) is 9.18. The van der Waals surface area contributed by atoms with Gasteiger partial charge in [0.15, 0.2) is 5.84 Å². The highest BCUT2D eigenvalue weighted by molar-refractivity contribution is 6.14. The van der Waals surface area contributed by atoms with E-state index in [1.165, 1.54) is 27.8 Å². The van der Waals surface area contributed by atoms with Crippen LogP contribution in [0.5, 0.6) is 11.5 Å². The van der Waals surface area contributed by atoms with Crippen molar-refractivity contribution in [3.8, 4) is 33.8 Å². The Bertz CT molecular complexity index is 2760. The minimum absolute atomic E-state index is 0.315. The number of aliphatic imine (C=N–C) groups is 2. The van der Waals surface area contributed by atoms with E-state index in [9.17, 15) is 0 Å². The summed E-state index contributed by atoms with van der Waals surface area (Å²) in [5.41, 5.74) is 16.4. The van der Waals surface area contributed by atoms with Crippen LogP contribution in [0.15, 0.2) is 174 Å². The fourth-order valence-corrected chi connectivity index (χ4v) is 9.18. The predicted molar refractivity (Wildman–Crippen MR) is 238 cm³/mol. The molecule has 6 aromatic carbocycles. The molecular weight excluding hydrogens is 707 g/mol. The lowest BCUT2D eigenvalue weighted by Crippen LogP contribution is -2.32. The maximum Gasteiger partial charge on any atom is 0.160 e. The Hall–Kier alpha value is -6.65. The average Bonchev–Trinajstić information content (AvgIpc) is 3.54. The highest BCUT2D eigenvalue weighted by Gasteiger charge is 2.51. The van der Waals surface area contributed by atoms with Crippen LogP contribution in [0.4, 0.5) is 0 Å². The minimum Gasteiger partial charge on any atom is -0.457 e. The van der Waals surface area contributed by atoms with Crippen LogP contribution in [0.2, 0.25) is 0 Å². The molecule has 3 aliphatic rings. The quantitative estimate of drug-likeness (QED) is 0.170. The lowest BCUT2D eigenvalue weighted by molar-refractivity contribution is 0.436. The molecule has 3 heterocycles. The highest BCUT2D eigenvalue weighted by Crippen LogP contribution is 2.62. The zero-order valence-electron chi connectivity index (χ0n) is 33.4. The van der Waals surface area contributed by atoms with Gasteiger partial charge in [0.05, 0.1) is 22.5 Å². The summed E-state index contributed by atoms with van der Waals surface area (Å²) >= 11 is 0. The SMILES string of the molecule is CC(C)c1ccc(-c2ccc(C3=CCCC(c4ccccc4)=NC(c4ccc5c(c4)-c4ccccc4C54c5ccccc5Oc5ccccc54)=N3)cc2)c(C(C)C)n1. The summed E-state index contributed by atoms with van der Waals surface area (Å²) < 4.78 is 6.56. The van der Waals surface area contributed by atoms with Crippen molar-refractivity contribution in [3.63, 3.8) is 0 Å². The van der Waals surface area contributed by atoms with Crippen molar-refractivity contribution in [3.05, 3.63) is 214 Å². The number of para-hydroxylation sites is 2. The van der Waals surface area contributed by atoms with Gasteiger partial charge in [-0.2, -0.15) is 0 Å². The van der Waals surface area contributed by atoms with Crippen LogP contribution < -0.4 is 4.74 Å². The third-order valence-electron chi connectivity index (χ3n) is 12.0. The number of rotatable bonds is 6. The molecule has 10 rings (SSSR count). The molecule has 0 N–H and O–H groups in total. The molecule has 0 fully saturated rings. The molecule has 58 heavy (non-hydrogen) atoms. The van der Waals surface area contributed by atoms with E-state index in [2.05, 4.69) is 191 Å². The van der Waals surface area contributed by atoms with Crippen LogP contribution in [0, 0.1) is 0 Å². The van der Waals surface area contributed by atoms with E-state index < -0.39 is 5.41 Å². The van der Waals surface area contributed by atoms with Crippen LogP contribution in [0.25, 0.3) is 28.0 Å². The third-order valence-corrected chi connectivity index (χ3v) is 12.0. The molecule has 4 nitrogen and oxygen atoms in total. The van der Waals surface area contributed by atoms with Crippen molar-refractivity contribution in [2.24, 2.45) is 9.98 Å². The lowest BCUT2D eigenvalue weighted by Gasteiger charge is -2.39. The second-order valence-electron chi connectivity index (χ2n) is 16.2. The molecule has 0 unspecified atom stereocenters. The number of pyridine rings is 1. The summed E-state index contributed by atoms with van der Waals surface area (Å²) in [7, 11) is 0. The van der Waals surface area contributed by atoms with Crippen LogP contribution in [-0.2, 0) is 5.41 Å². The van der Waals surface area contributed by atoms with Gasteiger partial charge < -0.3 is 4.74 Å². The molecule has 1 aromatic heterocycles. The van der Waals surface area contributed by atoms with Crippen molar-refractivity contribution >= 4 is 17.2 Å². The van der Waals surface area contributed by atoms with Crippen LogP contribution in [-0.4, -0.2) is 16.5 Å². The zero-order valence-corrected chi connectivity index (χ0v) is 33.4. The molecule has 1 aliphatic carbocycles. The Kier molecular flexibility index (Phi) is 8.86. The maximum atomic E-state index is 6.56. The standard InChI is InChI=1S/C54H45N3O/c1-34(2)47-32-30-40(52(55-47)35(3)4)36-25-27-38(28-26-36)49-22-14-21-48(37-15-6-5-7-16-37)56-53(57-49)39-29-31-44-42(33-39)41-17-8-9-18-43(41)54(44)45-19-10-12-23-50(45)58-51-24-13-11-20-46(51)54/h5-13,15-20,22-35H,14,21H2,1-4H3. The number of benzene rings is 6. The molecular formula is C54H45N3O. The minimum atomic E-state index is -0.524. The van der Waals surface area contributed by atoms with Gasteiger partial charge in [-0.05, 0) is 87.9 Å². The first-order valence-corrected chi connectivity index (χ1v) is 20.5. The Morgan fingerprint density at radius 1 is 0.500 bits per heavy atom. The third kappa shape index (κ3) is 5.86. The normalized spacial score (nSPS) is 15.0. The van der Waals surface area contributed by atoms with Crippen LogP contribution >= 0.6 is 0 Å². The van der Waals surface area contributed by atoms with Gasteiger partial charge in [-0.15, -0.1) is 0 Å².